The number of benzene rings is 2. The molecule has 0 amide bonds. The zero-order chi connectivity index (χ0) is 13.8. The Labute approximate surface area is 123 Å². The van der Waals surface area contributed by atoms with Gasteiger partial charge in [0, 0.05) is 16.2 Å². The van der Waals surface area contributed by atoms with Crippen molar-refractivity contribution in [1.82, 2.24) is 0 Å². The number of ether oxygens (including phenoxy) is 1. The molecule has 0 saturated carbocycles. The Kier molecular flexibility index (Phi) is 4.82. The quantitative estimate of drug-likeness (QED) is 0.568. The molecule has 2 rings (SSSR count). The lowest BCUT2D eigenvalue weighted by Gasteiger charge is -2.07. The van der Waals surface area contributed by atoms with Crippen molar-refractivity contribution in [3.05, 3.63) is 58.1 Å². The second kappa shape index (κ2) is 6.39. The highest BCUT2D eigenvalue weighted by atomic mass is 79.9. The summed E-state index contributed by atoms with van der Waals surface area (Å²) in [6.07, 6.45) is 0. The topological polar surface area (TPSA) is 9.23 Å². The Balaban J connectivity index is 2.12. The first kappa shape index (κ1) is 14.3. The smallest absolute Gasteiger partial charge is 0.144 e. The maximum atomic E-state index is 13.8. The molecule has 0 heterocycles. The summed E-state index contributed by atoms with van der Waals surface area (Å²) in [6.45, 7) is 0. The van der Waals surface area contributed by atoms with Crippen molar-refractivity contribution in [2.45, 2.75) is 10.6 Å². The zero-order valence-corrected chi connectivity index (χ0v) is 12.5. The maximum Gasteiger partial charge on any atom is 0.144 e. The van der Waals surface area contributed by atoms with Crippen molar-refractivity contribution in [2.24, 2.45) is 0 Å². The molecule has 0 aliphatic heterocycles. The number of hydrogen-bond acceptors (Lipinski definition) is 2. The molecule has 100 valence electrons. The summed E-state index contributed by atoms with van der Waals surface area (Å²) in [5.41, 5.74) is 0.0789. The number of thioether (sulfide) groups is 1. The molecule has 0 atom stereocenters. The average Bonchev–Trinajstić information content (AvgIpc) is 2.44. The predicted octanol–water partition coefficient (Wildman–Crippen LogP) is 5.03. The standard InChI is InChI=1S/C14H11BrF2OS/c1-18-9-2-4-10(5-3-9)19-8-11-13(16)7-6-12(15)14(11)17/h2-7H,8H2,1H3. The lowest BCUT2D eigenvalue weighted by atomic mass is 10.2. The summed E-state index contributed by atoms with van der Waals surface area (Å²) in [5, 5.41) is 0. The molecule has 5 heteroatoms. The van der Waals surface area contributed by atoms with E-state index in [1.54, 1.807) is 7.11 Å². The van der Waals surface area contributed by atoms with Crippen LogP contribution in [0.2, 0.25) is 0 Å². The molecular formula is C14H11BrF2OS. The van der Waals surface area contributed by atoms with Crippen LogP contribution in [0.4, 0.5) is 8.78 Å². The number of methoxy groups -OCH3 is 1. The van der Waals surface area contributed by atoms with Gasteiger partial charge in [-0.25, -0.2) is 8.78 Å². The van der Waals surface area contributed by atoms with E-state index in [1.807, 2.05) is 24.3 Å². The van der Waals surface area contributed by atoms with Crippen LogP contribution in [-0.2, 0) is 5.75 Å². The first-order chi connectivity index (χ1) is 9.11. The Morgan fingerprint density at radius 2 is 1.79 bits per heavy atom. The summed E-state index contributed by atoms with van der Waals surface area (Å²) >= 11 is 4.43. The van der Waals surface area contributed by atoms with Crippen LogP contribution in [0.25, 0.3) is 0 Å². The molecule has 0 fully saturated rings. The fourth-order valence-electron chi connectivity index (χ4n) is 1.53. The van der Waals surface area contributed by atoms with Gasteiger partial charge in [-0.1, -0.05) is 0 Å². The molecule has 19 heavy (non-hydrogen) atoms. The largest absolute Gasteiger partial charge is 0.497 e. The summed E-state index contributed by atoms with van der Waals surface area (Å²) in [7, 11) is 1.59. The number of halogens is 3. The lowest BCUT2D eigenvalue weighted by Crippen LogP contribution is -1.94. The van der Waals surface area contributed by atoms with E-state index in [9.17, 15) is 8.78 Å². The van der Waals surface area contributed by atoms with Crippen molar-refractivity contribution < 1.29 is 13.5 Å². The summed E-state index contributed by atoms with van der Waals surface area (Å²) in [6, 6.07) is 9.98. The van der Waals surface area contributed by atoms with E-state index < -0.39 is 11.6 Å². The first-order valence-electron chi connectivity index (χ1n) is 5.51. The third-order valence-electron chi connectivity index (χ3n) is 2.58. The average molecular weight is 345 g/mol. The summed E-state index contributed by atoms with van der Waals surface area (Å²) in [4.78, 5) is 0.930. The third-order valence-corrected chi connectivity index (χ3v) is 4.23. The Hall–Kier alpha value is -1.07. The van der Waals surface area contributed by atoms with Gasteiger partial charge in [0.1, 0.15) is 17.4 Å². The monoisotopic (exact) mass is 344 g/mol. The van der Waals surface area contributed by atoms with E-state index in [4.69, 9.17) is 4.74 Å². The highest BCUT2D eigenvalue weighted by Gasteiger charge is 2.12. The molecule has 0 spiro atoms. The molecule has 1 nitrogen and oxygen atoms in total. The Morgan fingerprint density at radius 3 is 2.42 bits per heavy atom. The second-order valence-corrected chi connectivity index (χ2v) is 5.69. The van der Waals surface area contributed by atoms with Gasteiger partial charge in [-0.15, -0.1) is 11.8 Å². The van der Waals surface area contributed by atoms with Gasteiger partial charge in [-0.2, -0.15) is 0 Å². The van der Waals surface area contributed by atoms with Crippen LogP contribution in [0.1, 0.15) is 5.56 Å². The molecule has 0 radical (unpaired) electrons. The van der Waals surface area contributed by atoms with Crippen molar-refractivity contribution in [3.63, 3.8) is 0 Å². The van der Waals surface area contributed by atoms with Gasteiger partial charge in [-0.05, 0) is 52.3 Å². The van der Waals surface area contributed by atoms with Gasteiger partial charge in [0.05, 0.1) is 11.6 Å². The minimum absolute atomic E-state index is 0.0789. The van der Waals surface area contributed by atoms with Crippen LogP contribution in [-0.4, -0.2) is 7.11 Å². The first-order valence-corrected chi connectivity index (χ1v) is 7.29. The van der Waals surface area contributed by atoms with Gasteiger partial charge in [-0.3, -0.25) is 0 Å². The van der Waals surface area contributed by atoms with Crippen molar-refractivity contribution in [1.29, 1.82) is 0 Å². The highest BCUT2D eigenvalue weighted by molar-refractivity contribution is 9.10. The predicted molar refractivity (Wildman–Crippen MR) is 76.6 cm³/mol. The van der Waals surface area contributed by atoms with E-state index in [2.05, 4.69) is 15.9 Å². The zero-order valence-electron chi connectivity index (χ0n) is 10.1. The van der Waals surface area contributed by atoms with E-state index in [0.717, 1.165) is 10.6 Å². The molecule has 0 aromatic heterocycles. The summed E-state index contributed by atoms with van der Waals surface area (Å²) < 4.78 is 32.6. The molecule has 0 unspecified atom stereocenters. The van der Waals surface area contributed by atoms with Crippen LogP contribution < -0.4 is 4.74 Å². The van der Waals surface area contributed by atoms with E-state index in [0.29, 0.717) is 0 Å². The normalized spacial score (nSPS) is 10.5. The van der Waals surface area contributed by atoms with Crippen LogP contribution in [0, 0.1) is 11.6 Å². The third kappa shape index (κ3) is 3.48. The van der Waals surface area contributed by atoms with E-state index >= 15 is 0 Å². The fourth-order valence-corrected chi connectivity index (χ4v) is 2.80. The minimum atomic E-state index is -0.541. The van der Waals surface area contributed by atoms with Crippen LogP contribution in [0.15, 0.2) is 45.8 Å². The van der Waals surface area contributed by atoms with Crippen LogP contribution in [0.5, 0.6) is 5.75 Å². The van der Waals surface area contributed by atoms with Crippen LogP contribution in [0.3, 0.4) is 0 Å². The Morgan fingerprint density at radius 1 is 1.11 bits per heavy atom. The molecule has 0 aliphatic carbocycles. The van der Waals surface area contributed by atoms with Gasteiger partial charge in [0.25, 0.3) is 0 Å². The summed E-state index contributed by atoms with van der Waals surface area (Å²) in [5.74, 6) is -0.0735. The Bertz CT molecular complexity index is 572. The maximum absolute atomic E-state index is 13.8. The number of rotatable bonds is 4. The molecule has 0 bridgehead atoms. The fraction of sp³-hybridized carbons (Fsp3) is 0.143. The van der Waals surface area contributed by atoms with Gasteiger partial charge in [0.2, 0.25) is 0 Å². The van der Waals surface area contributed by atoms with Gasteiger partial charge >= 0.3 is 0 Å². The van der Waals surface area contributed by atoms with Crippen molar-refractivity contribution in [3.8, 4) is 5.75 Å². The second-order valence-electron chi connectivity index (χ2n) is 3.79. The number of hydrogen-bond donors (Lipinski definition) is 0. The molecule has 0 saturated heterocycles. The van der Waals surface area contributed by atoms with E-state index in [-0.39, 0.29) is 15.8 Å². The van der Waals surface area contributed by atoms with Crippen molar-refractivity contribution >= 4 is 27.7 Å². The van der Waals surface area contributed by atoms with Gasteiger partial charge < -0.3 is 4.74 Å². The highest BCUT2D eigenvalue weighted by Crippen LogP contribution is 2.29. The van der Waals surface area contributed by atoms with E-state index in [1.165, 1.54) is 23.9 Å². The van der Waals surface area contributed by atoms with Crippen molar-refractivity contribution in [2.75, 3.05) is 7.11 Å². The van der Waals surface area contributed by atoms with Gasteiger partial charge in [0.15, 0.2) is 0 Å². The molecule has 0 N–H and O–H groups in total. The minimum Gasteiger partial charge on any atom is -0.497 e. The molecule has 0 aliphatic rings. The molecule has 2 aromatic carbocycles. The molecular weight excluding hydrogens is 334 g/mol. The lowest BCUT2D eigenvalue weighted by molar-refractivity contribution is 0.414. The van der Waals surface area contributed by atoms with Crippen LogP contribution >= 0.6 is 27.7 Å². The SMILES string of the molecule is COc1ccc(SCc2c(F)ccc(Br)c2F)cc1. The molecule has 2 aromatic rings.